The number of amides is 1. The van der Waals surface area contributed by atoms with E-state index in [4.69, 9.17) is 0 Å². The summed E-state index contributed by atoms with van der Waals surface area (Å²) in [4.78, 5) is 41.2. The fraction of sp³-hybridized carbons (Fsp3) is 0.484. The van der Waals surface area contributed by atoms with Gasteiger partial charge in [-0.2, -0.15) is 0 Å². The molecule has 0 aliphatic carbocycles. The van der Waals surface area contributed by atoms with Gasteiger partial charge in [0.2, 0.25) is 0 Å². The van der Waals surface area contributed by atoms with Crippen molar-refractivity contribution in [2.75, 3.05) is 26.2 Å². The summed E-state index contributed by atoms with van der Waals surface area (Å²) in [5.74, 6) is -1.37. The highest BCUT2D eigenvalue weighted by atomic mass is 16.6. The van der Waals surface area contributed by atoms with Crippen molar-refractivity contribution in [2.24, 2.45) is 0 Å². The molecule has 2 aromatic carbocycles. The quantitative estimate of drug-likeness (QED) is 0.0982. The van der Waals surface area contributed by atoms with Crippen LogP contribution >= 0.6 is 0 Å². The van der Waals surface area contributed by atoms with Gasteiger partial charge in [0, 0.05) is 24.2 Å². The van der Waals surface area contributed by atoms with E-state index in [9.17, 15) is 24.8 Å². The Kier molecular flexibility index (Phi) is 10.8. The second kappa shape index (κ2) is 14.0. The van der Waals surface area contributed by atoms with Crippen LogP contribution in [0.5, 0.6) is 0 Å². The largest absolute Gasteiger partial charge is 0.507 e. The minimum atomic E-state index is -0.738. The number of carbonyl (C=O) groups is 2. The second-order valence-corrected chi connectivity index (χ2v) is 10.5. The Hall–Kier alpha value is -3.52. The van der Waals surface area contributed by atoms with Crippen LogP contribution in [0.1, 0.15) is 88.4 Å². The van der Waals surface area contributed by atoms with E-state index in [0.717, 1.165) is 56.4 Å². The van der Waals surface area contributed by atoms with Gasteiger partial charge in [-0.05, 0) is 68.1 Å². The topological polar surface area (TPSA) is 104 Å². The Morgan fingerprint density at radius 1 is 0.949 bits per heavy atom. The highest BCUT2D eigenvalue weighted by molar-refractivity contribution is 6.46. The minimum absolute atomic E-state index is 0.0139. The summed E-state index contributed by atoms with van der Waals surface area (Å²) in [7, 11) is 0. The molecule has 1 N–H and O–H groups in total. The summed E-state index contributed by atoms with van der Waals surface area (Å²) < 4.78 is 0. The van der Waals surface area contributed by atoms with E-state index in [1.54, 1.807) is 4.90 Å². The molecule has 0 spiro atoms. The van der Waals surface area contributed by atoms with Crippen LogP contribution in [0, 0.1) is 10.1 Å². The second-order valence-electron chi connectivity index (χ2n) is 10.5. The summed E-state index contributed by atoms with van der Waals surface area (Å²) >= 11 is 0. The van der Waals surface area contributed by atoms with Crippen LogP contribution in [0.25, 0.3) is 5.76 Å². The Morgan fingerprint density at radius 2 is 1.51 bits per heavy atom. The predicted molar refractivity (Wildman–Crippen MR) is 154 cm³/mol. The zero-order valence-electron chi connectivity index (χ0n) is 23.6. The van der Waals surface area contributed by atoms with E-state index in [1.807, 2.05) is 24.3 Å². The standard InChI is InChI=1S/C31H41N3O5/c1-5-7-18-32(19-8-6-2)20-9-21-33-28(24-12-10-23(11-13-24)22(3)4)27(30(36)31(33)37)29(35)25-14-16-26(17-15-25)34(38)39/h10-17,22,28,35H,5-9,18-21H2,1-4H3/t28-/m0/s1. The van der Waals surface area contributed by atoms with E-state index in [1.165, 1.54) is 24.3 Å². The Bertz CT molecular complexity index is 1160. The molecule has 1 heterocycles. The van der Waals surface area contributed by atoms with Gasteiger partial charge in [0.25, 0.3) is 17.4 Å². The SMILES string of the molecule is CCCCN(CCCC)CCCN1C(=O)C(=O)C(=C(O)c2ccc([N+](=O)[O-])cc2)[C@@H]1c1ccc(C(C)C)cc1. The van der Waals surface area contributed by atoms with Crippen LogP contribution < -0.4 is 0 Å². The number of aliphatic hydroxyl groups excluding tert-OH is 1. The van der Waals surface area contributed by atoms with Gasteiger partial charge >= 0.3 is 0 Å². The van der Waals surface area contributed by atoms with Crippen molar-refractivity contribution >= 4 is 23.1 Å². The zero-order valence-corrected chi connectivity index (χ0v) is 23.6. The van der Waals surface area contributed by atoms with Crippen LogP contribution in [0.15, 0.2) is 54.1 Å². The molecule has 8 heteroatoms. The van der Waals surface area contributed by atoms with Crippen molar-refractivity contribution in [2.45, 2.75) is 71.8 Å². The number of nitrogens with zero attached hydrogens (tertiary/aromatic N) is 3. The number of nitro groups is 1. The normalized spacial score (nSPS) is 17.0. The van der Waals surface area contributed by atoms with E-state index in [0.29, 0.717) is 18.9 Å². The van der Waals surface area contributed by atoms with Crippen LogP contribution in [0.3, 0.4) is 0 Å². The van der Waals surface area contributed by atoms with E-state index in [-0.39, 0.29) is 22.6 Å². The number of hydrogen-bond acceptors (Lipinski definition) is 6. The maximum absolute atomic E-state index is 13.3. The molecule has 1 atom stereocenters. The molecule has 1 amide bonds. The first-order chi connectivity index (χ1) is 18.7. The molecule has 1 saturated heterocycles. The van der Waals surface area contributed by atoms with Gasteiger partial charge in [-0.25, -0.2) is 0 Å². The van der Waals surface area contributed by atoms with Crippen molar-refractivity contribution in [1.29, 1.82) is 0 Å². The Labute approximate surface area is 231 Å². The fourth-order valence-corrected chi connectivity index (χ4v) is 4.98. The molecule has 0 radical (unpaired) electrons. The summed E-state index contributed by atoms with van der Waals surface area (Å²) in [5, 5.41) is 22.3. The molecular weight excluding hydrogens is 494 g/mol. The minimum Gasteiger partial charge on any atom is -0.507 e. The Morgan fingerprint density at radius 3 is 2.03 bits per heavy atom. The number of unbranched alkanes of at least 4 members (excludes halogenated alkanes) is 2. The zero-order chi connectivity index (χ0) is 28.5. The number of carbonyl (C=O) groups excluding carboxylic acids is 2. The molecule has 0 saturated carbocycles. The molecule has 210 valence electrons. The van der Waals surface area contributed by atoms with E-state index < -0.39 is 22.7 Å². The molecule has 0 unspecified atom stereocenters. The van der Waals surface area contributed by atoms with Crippen molar-refractivity contribution in [1.82, 2.24) is 9.80 Å². The Balaban J connectivity index is 1.95. The molecule has 39 heavy (non-hydrogen) atoms. The summed E-state index contributed by atoms with van der Waals surface area (Å²) in [5.41, 5.74) is 2.03. The summed E-state index contributed by atoms with van der Waals surface area (Å²) in [6.45, 7) is 11.8. The predicted octanol–water partition coefficient (Wildman–Crippen LogP) is 6.43. The van der Waals surface area contributed by atoms with Crippen molar-refractivity contribution < 1.29 is 19.6 Å². The lowest BCUT2D eigenvalue weighted by Crippen LogP contribution is -2.34. The monoisotopic (exact) mass is 535 g/mol. The number of Topliss-reactive ketones (excluding diaryl/α,β-unsaturated/α-hetero) is 1. The van der Waals surface area contributed by atoms with Gasteiger partial charge < -0.3 is 14.9 Å². The lowest BCUT2D eigenvalue weighted by molar-refractivity contribution is -0.384. The average Bonchev–Trinajstić information content (AvgIpc) is 3.18. The molecule has 3 rings (SSSR count). The number of likely N-dealkylation sites (tertiary alicyclic amines) is 1. The molecule has 8 nitrogen and oxygen atoms in total. The van der Waals surface area contributed by atoms with Gasteiger partial charge in [-0.1, -0.05) is 64.8 Å². The van der Waals surface area contributed by atoms with Crippen molar-refractivity contribution in [3.63, 3.8) is 0 Å². The lowest BCUT2D eigenvalue weighted by atomic mass is 9.93. The highest BCUT2D eigenvalue weighted by Crippen LogP contribution is 2.40. The maximum Gasteiger partial charge on any atom is 0.295 e. The van der Waals surface area contributed by atoms with Crippen LogP contribution in [-0.4, -0.2) is 57.7 Å². The molecule has 0 aromatic heterocycles. The van der Waals surface area contributed by atoms with Crippen LogP contribution in [0.2, 0.25) is 0 Å². The number of hydrogen-bond donors (Lipinski definition) is 1. The first-order valence-corrected chi connectivity index (χ1v) is 14.0. The maximum atomic E-state index is 13.3. The smallest absolute Gasteiger partial charge is 0.295 e. The number of nitro benzene ring substituents is 1. The van der Waals surface area contributed by atoms with Crippen LogP contribution in [-0.2, 0) is 9.59 Å². The van der Waals surface area contributed by atoms with Crippen LogP contribution in [0.4, 0.5) is 5.69 Å². The molecule has 1 aliphatic heterocycles. The van der Waals surface area contributed by atoms with Gasteiger partial charge in [-0.3, -0.25) is 19.7 Å². The van der Waals surface area contributed by atoms with Crippen molar-refractivity contribution in [3.05, 3.63) is 80.9 Å². The van der Waals surface area contributed by atoms with Crippen molar-refractivity contribution in [3.8, 4) is 0 Å². The number of non-ortho nitro benzene ring substituents is 1. The number of benzene rings is 2. The van der Waals surface area contributed by atoms with Gasteiger partial charge in [0.15, 0.2) is 0 Å². The molecule has 1 fully saturated rings. The third-order valence-corrected chi connectivity index (χ3v) is 7.34. The lowest BCUT2D eigenvalue weighted by Gasteiger charge is -2.27. The summed E-state index contributed by atoms with van der Waals surface area (Å²) in [6.07, 6.45) is 5.18. The number of ketones is 1. The fourth-order valence-electron chi connectivity index (χ4n) is 4.98. The third kappa shape index (κ3) is 7.32. The molecule has 0 bridgehead atoms. The number of rotatable bonds is 14. The average molecular weight is 536 g/mol. The first kappa shape index (κ1) is 30.0. The van der Waals surface area contributed by atoms with Gasteiger partial charge in [0.1, 0.15) is 5.76 Å². The molecule has 2 aromatic rings. The van der Waals surface area contributed by atoms with E-state index in [2.05, 4.69) is 32.6 Å². The van der Waals surface area contributed by atoms with Gasteiger partial charge in [-0.15, -0.1) is 0 Å². The third-order valence-electron chi connectivity index (χ3n) is 7.34. The first-order valence-electron chi connectivity index (χ1n) is 14.0. The van der Waals surface area contributed by atoms with Gasteiger partial charge in [0.05, 0.1) is 16.5 Å². The number of aliphatic hydroxyl groups is 1. The van der Waals surface area contributed by atoms with E-state index >= 15 is 0 Å². The molecule has 1 aliphatic rings. The molecular formula is C31H41N3O5. The highest BCUT2D eigenvalue weighted by Gasteiger charge is 2.45. The summed E-state index contributed by atoms with van der Waals surface area (Å²) in [6, 6.07) is 12.4.